The van der Waals surface area contributed by atoms with E-state index >= 15 is 0 Å². The molecule has 4 aliphatic carbocycles. The van der Waals surface area contributed by atoms with E-state index in [9.17, 15) is 4.79 Å². The van der Waals surface area contributed by atoms with Crippen molar-refractivity contribution in [2.24, 2.45) is 28.6 Å². The molecule has 0 amide bonds. The van der Waals surface area contributed by atoms with Crippen LogP contribution in [0.3, 0.4) is 0 Å². The average molecular weight is 360 g/mol. The van der Waals surface area contributed by atoms with Crippen LogP contribution >= 0.6 is 0 Å². The Kier molecular flexibility index (Phi) is 3.67. The van der Waals surface area contributed by atoms with Gasteiger partial charge < -0.3 is 0 Å². The molecule has 0 aliphatic heterocycles. The van der Waals surface area contributed by atoms with E-state index in [1.54, 1.807) is 5.57 Å². The first-order chi connectivity index (χ1) is 12.9. The van der Waals surface area contributed by atoms with Crippen molar-refractivity contribution in [1.29, 1.82) is 0 Å². The van der Waals surface area contributed by atoms with E-state index in [-0.39, 0.29) is 10.8 Å². The van der Waals surface area contributed by atoms with Crippen LogP contribution in [-0.4, -0.2) is 10.8 Å². The molecule has 0 spiro atoms. The number of hydrogen-bond acceptors (Lipinski definition) is 2. The van der Waals surface area contributed by atoms with Crippen molar-refractivity contribution in [2.75, 3.05) is 0 Å². The minimum atomic E-state index is 0.145. The van der Waals surface area contributed by atoms with Gasteiger partial charge in [-0.1, -0.05) is 50.1 Å². The summed E-state index contributed by atoms with van der Waals surface area (Å²) >= 11 is 0. The fourth-order valence-corrected chi connectivity index (χ4v) is 6.91. The summed E-state index contributed by atoms with van der Waals surface area (Å²) in [5.41, 5.74) is 6.15. The highest BCUT2D eigenvalue weighted by Crippen LogP contribution is 2.66. The monoisotopic (exact) mass is 359 g/mol. The van der Waals surface area contributed by atoms with Gasteiger partial charge in [-0.25, -0.2) is 0 Å². The first-order valence-corrected chi connectivity index (χ1v) is 10.5. The first kappa shape index (κ1) is 17.2. The number of carbonyl (C=O) groups is 1. The van der Waals surface area contributed by atoms with E-state index in [0.29, 0.717) is 23.5 Å². The van der Waals surface area contributed by atoms with E-state index in [0.717, 1.165) is 12.8 Å². The van der Waals surface area contributed by atoms with Gasteiger partial charge >= 0.3 is 0 Å². The summed E-state index contributed by atoms with van der Waals surface area (Å²) in [5, 5.41) is 0. The number of fused-ring (bicyclic) bond motifs is 5. The number of pyridine rings is 1. The molecule has 140 valence electrons. The number of hydrogen-bond donors (Lipinski definition) is 0. The highest BCUT2D eigenvalue weighted by atomic mass is 16.1. The Morgan fingerprint density at radius 3 is 2.78 bits per heavy atom. The van der Waals surface area contributed by atoms with E-state index in [2.05, 4.69) is 44.0 Å². The van der Waals surface area contributed by atoms with Gasteiger partial charge in [-0.3, -0.25) is 9.78 Å². The lowest BCUT2D eigenvalue weighted by Crippen LogP contribution is -2.49. The topological polar surface area (TPSA) is 30.0 Å². The fourth-order valence-electron chi connectivity index (χ4n) is 6.91. The normalized spacial score (nSPS) is 40.3. The third-order valence-electron chi connectivity index (χ3n) is 8.30. The average Bonchev–Trinajstić information content (AvgIpc) is 3.01. The molecule has 4 aliphatic rings. The number of allylic oxidation sites excluding steroid dienone is 6. The van der Waals surface area contributed by atoms with Crippen LogP contribution < -0.4 is 0 Å². The lowest BCUT2D eigenvalue weighted by atomic mass is 9.46. The van der Waals surface area contributed by atoms with Gasteiger partial charge in [-0.2, -0.15) is 0 Å². The van der Waals surface area contributed by atoms with Crippen molar-refractivity contribution < 1.29 is 4.79 Å². The minimum absolute atomic E-state index is 0.145. The molecule has 0 bridgehead atoms. The van der Waals surface area contributed by atoms with Crippen molar-refractivity contribution in [1.82, 2.24) is 4.98 Å². The van der Waals surface area contributed by atoms with Crippen LogP contribution in [0, 0.1) is 28.6 Å². The maximum Gasteiger partial charge on any atom is 0.155 e. The molecular weight excluding hydrogens is 330 g/mol. The Hall–Kier alpha value is -1.96. The summed E-state index contributed by atoms with van der Waals surface area (Å²) in [7, 11) is 0. The number of ketones is 1. The van der Waals surface area contributed by atoms with E-state index in [1.807, 2.05) is 24.5 Å². The molecule has 1 aromatic rings. The van der Waals surface area contributed by atoms with Gasteiger partial charge in [-0.05, 0) is 72.1 Å². The largest absolute Gasteiger partial charge is 0.295 e. The van der Waals surface area contributed by atoms with Crippen LogP contribution in [0.4, 0.5) is 0 Å². The molecule has 2 nitrogen and oxygen atoms in total. The van der Waals surface area contributed by atoms with Crippen LogP contribution in [0.2, 0.25) is 0 Å². The minimum Gasteiger partial charge on any atom is -0.295 e. The second kappa shape index (κ2) is 5.77. The second-order valence-corrected chi connectivity index (χ2v) is 9.65. The second-order valence-electron chi connectivity index (χ2n) is 9.65. The third kappa shape index (κ3) is 2.31. The zero-order valence-electron chi connectivity index (χ0n) is 16.7. The molecule has 2 fully saturated rings. The Bertz CT molecular complexity index is 892. The zero-order valence-corrected chi connectivity index (χ0v) is 16.7. The maximum atomic E-state index is 12.1. The molecule has 0 aromatic carbocycles. The summed E-state index contributed by atoms with van der Waals surface area (Å²) in [5.74, 6) is 2.16. The third-order valence-corrected chi connectivity index (χ3v) is 8.30. The molecule has 3 unspecified atom stereocenters. The summed E-state index contributed by atoms with van der Waals surface area (Å²) < 4.78 is 0. The van der Waals surface area contributed by atoms with Gasteiger partial charge in [-0.15, -0.1) is 0 Å². The Balaban J connectivity index is 1.53. The Morgan fingerprint density at radius 1 is 1.15 bits per heavy atom. The van der Waals surface area contributed by atoms with Crippen LogP contribution in [-0.2, 0) is 4.79 Å². The van der Waals surface area contributed by atoms with E-state index in [4.69, 9.17) is 0 Å². The molecule has 1 aromatic heterocycles. The lowest BCUT2D eigenvalue weighted by molar-refractivity contribution is -0.116. The fraction of sp³-hybridized carbons (Fsp3) is 0.520. The highest BCUT2D eigenvalue weighted by molar-refractivity contribution is 5.91. The molecule has 0 radical (unpaired) electrons. The van der Waals surface area contributed by atoms with Crippen LogP contribution in [0.15, 0.2) is 53.9 Å². The standard InChI is InChI=1S/C25H29NO/c1-16-13-19-21-7-6-20(17-5-4-12-26-15-17)24(21,2)11-9-22(19)25(3)10-8-18(27)14-23(16)25/h4-7,12,14-16,19,22H,8-11,13H2,1-3H3/t16?,19?,22?,24-,25-/m1/s1. The van der Waals surface area contributed by atoms with E-state index in [1.165, 1.54) is 36.0 Å². The SMILES string of the molecule is CC1CC2C3=CC=C(c4cccnc4)[C@@]3(C)CCC2[C@@]2(C)CCC(=O)C=C12. The molecule has 0 saturated heterocycles. The molecular formula is C25H29NO. The smallest absolute Gasteiger partial charge is 0.155 e. The van der Waals surface area contributed by atoms with Gasteiger partial charge in [0.25, 0.3) is 0 Å². The quantitative estimate of drug-likeness (QED) is 0.637. The van der Waals surface area contributed by atoms with Crippen molar-refractivity contribution in [2.45, 2.75) is 52.9 Å². The predicted molar refractivity (Wildman–Crippen MR) is 109 cm³/mol. The van der Waals surface area contributed by atoms with Crippen molar-refractivity contribution in [3.63, 3.8) is 0 Å². The molecule has 27 heavy (non-hydrogen) atoms. The summed E-state index contributed by atoms with van der Waals surface area (Å²) in [6.45, 7) is 7.24. The molecule has 2 saturated carbocycles. The maximum absolute atomic E-state index is 12.1. The summed E-state index contributed by atoms with van der Waals surface area (Å²) in [6, 6.07) is 4.24. The zero-order chi connectivity index (χ0) is 18.8. The van der Waals surface area contributed by atoms with Gasteiger partial charge in [0.15, 0.2) is 5.78 Å². The highest BCUT2D eigenvalue weighted by Gasteiger charge is 2.56. The Labute approximate surface area is 162 Å². The van der Waals surface area contributed by atoms with E-state index < -0.39 is 0 Å². The molecule has 0 N–H and O–H groups in total. The van der Waals surface area contributed by atoms with Crippen molar-refractivity contribution in [3.05, 3.63) is 59.5 Å². The van der Waals surface area contributed by atoms with Gasteiger partial charge in [0.2, 0.25) is 0 Å². The van der Waals surface area contributed by atoms with Gasteiger partial charge in [0.1, 0.15) is 0 Å². The lowest BCUT2D eigenvalue weighted by Gasteiger charge is -2.57. The van der Waals surface area contributed by atoms with Crippen molar-refractivity contribution >= 4 is 11.4 Å². The number of aromatic nitrogens is 1. The number of carbonyl (C=O) groups excluding carboxylic acids is 1. The molecule has 5 rings (SSSR count). The van der Waals surface area contributed by atoms with Gasteiger partial charge in [0, 0.05) is 24.2 Å². The van der Waals surface area contributed by atoms with Crippen LogP contribution in [0.1, 0.15) is 58.4 Å². The number of nitrogens with zero attached hydrogens (tertiary/aromatic N) is 1. The van der Waals surface area contributed by atoms with Crippen LogP contribution in [0.5, 0.6) is 0 Å². The molecule has 1 heterocycles. The summed E-state index contributed by atoms with van der Waals surface area (Å²) in [6.07, 6.45) is 16.1. The molecule has 2 heteroatoms. The predicted octanol–water partition coefficient (Wildman–Crippen LogP) is 5.77. The van der Waals surface area contributed by atoms with Gasteiger partial charge in [0.05, 0.1) is 0 Å². The number of rotatable bonds is 1. The first-order valence-electron chi connectivity index (χ1n) is 10.5. The molecule has 5 atom stereocenters. The van der Waals surface area contributed by atoms with Crippen LogP contribution in [0.25, 0.3) is 5.57 Å². The Morgan fingerprint density at radius 2 is 2.00 bits per heavy atom. The summed E-state index contributed by atoms with van der Waals surface area (Å²) in [4.78, 5) is 16.5. The van der Waals surface area contributed by atoms with Crippen molar-refractivity contribution in [3.8, 4) is 0 Å².